The van der Waals surface area contributed by atoms with Gasteiger partial charge < -0.3 is 10.1 Å². The Bertz CT molecular complexity index is 493. The van der Waals surface area contributed by atoms with Gasteiger partial charge in [0.05, 0.1) is 13.2 Å². The van der Waals surface area contributed by atoms with Crippen LogP contribution >= 0.6 is 0 Å². The molecule has 2 nitrogen and oxygen atoms in total. The van der Waals surface area contributed by atoms with E-state index in [4.69, 9.17) is 4.74 Å². The first-order valence-corrected chi connectivity index (χ1v) is 7.78. The first-order chi connectivity index (χ1) is 10.4. The number of hydrogen-bond acceptors (Lipinski definition) is 2. The highest BCUT2D eigenvalue weighted by Crippen LogP contribution is 2.11. The van der Waals surface area contributed by atoms with Gasteiger partial charge in [0.15, 0.2) is 0 Å². The lowest BCUT2D eigenvalue weighted by Crippen LogP contribution is -2.19. The van der Waals surface area contributed by atoms with Crippen LogP contribution in [0, 0.1) is 0 Å². The van der Waals surface area contributed by atoms with Gasteiger partial charge in [-0.15, -0.1) is 0 Å². The molecule has 0 unspecified atom stereocenters. The zero-order chi connectivity index (χ0) is 14.8. The van der Waals surface area contributed by atoms with Gasteiger partial charge in [-0.2, -0.15) is 0 Å². The highest BCUT2D eigenvalue weighted by Gasteiger charge is 1.97. The maximum Gasteiger partial charge on any atom is 0.0591 e. The molecule has 0 radical (unpaired) electrons. The van der Waals surface area contributed by atoms with Gasteiger partial charge in [0.2, 0.25) is 0 Å². The Morgan fingerprint density at radius 2 is 1.48 bits per heavy atom. The molecular formula is C19H25NO. The number of ether oxygens (including phenoxy) is 1. The second kappa shape index (κ2) is 9.32. The van der Waals surface area contributed by atoms with E-state index < -0.39 is 0 Å². The predicted molar refractivity (Wildman–Crippen MR) is 88.8 cm³/mol. The van der Waals surface area contributed by atoms with E-state index in [1.807, 2.05) is 0 Å². The Hall–Kier alpha value is -1.64. The second-order valence-corrected chi connectivity index (χ2v) is 5.19. The van der Waals surface area contributed by atoms with Crippen LogP contribution in [-0.2, 0) is 17.6 Å². The minimum atomic E-state index is 0.792. The molecule has 0 spiro atoms. The summed E-state index contributed by atoms with van der Waals surface area (Å²) in [6, 6.07) is 19.5. The van der Waals surface area contributed by atoms with Crippen LogP contribution in [0.5, 0.6) is 0 Å². The van der Waals surface area contributed by atoms with Crippen LogP contribution in [0.15, 0.2) is 54.6 Å². The lowest BCUT2D eigenvalue weighted by Gasteiger charge is -2.06. The molecule has 0 aliphatic rings. The van der Waals surface area contributed by atoms with Crippen LogP contribution in [0.25, 0.3) is 0 Å². The van der Waals surface area contributed by atoms with Crippen molar-refractivity contribution in [1.29, 1.82) is 0 Å². The van der Waals surface area contributed by atoms with Gasteiger partial charge in [0.25, 0.3) is 0 Å². The average Bonchev–Trinajstić information content (AvgIpc) is 2.53. The SMILES string of the molecule is CCNCCOCCc1ccc(Cc2ccccc2)cc1. The highest BCUT2D eigenvalue weighted by atomic mass is 16.5. The van der Waals surface area contributed by atoms with Crippen LogP contribution in [0.4, 0.5) is 0 Å². The van der Waals surface area contributed by atoms with Crippen molar-refractivity contribution < 1.29 is 4.74 Å². The summed E-state index contributed by atoms with van der Waals surface area (Å²) in [5, 5.41) is 3.25. The molecule has 0 aliphatic carbocycles. The molecule has 0 aliphatic heterocycles. The normalized spacial score (nSPS) is 10.7. The van der Waals surface area contributed by atoms with Gasteiger partial charge >= 0.3 is 0 Å². The second-order valence-electron chi connectivity index (χ2n) is 5.19. The standard InChI is InChI=1S/C19H25NO/c1-2-20-13-15-21-14-12-17-8-10-19(11-9-17)16-18-6-4-3-5-7-18/h3-11,20H,2,12-16H2,1H3. The van der Waals surface area contributed by atoms with Gasteiger partial charge in [-0.25, -0.2) is 0 Å². The van der Waals surface area contributed by atoms with Crippen molar-refractivity contribution in [2.75, 3.05) is 26.3 Å². The fourth-order valence-corrected chi connectivity index (χ4v) is 2.27. The van der Waals surface area contributed by atoms with Crippen molar-refractivity contribution in [3.8, 4) is 0 Å². The fourth-order valence-electron chi connectivity index (χ4n) is 2.27. The van der Waals surface area contributed by atoms with E-state index in [2.05, 4.69) is 66.8 Å². The molecule has 0 fully saturated rings. The van der Waals surface area contributed by atoms with Gasteiger partial charge in [-0.3, -0.25) is 0 Å². The fraction of sp³-hybridized carbons (Fsp3) is 0.368. The molecule has 2 heteroatoms. The molecule has 0 atom stereocenters. The first-order valence-electron chi connectivity index (χ1n) is 7.78. The van der Waals surface area contributed by atoms with Crippen LogP contribution in [-0.4, -0.2) is 26.3 Å². The summed E-state index contributed by atoms with van der Waals surface area (Å²) in [7, 11) is 0. The Kier molecular flexibility index (Phi) is 6.99. The molecule has 0 saturated heterocycles. The molecule has 0 heterocycles. The molecule has 2 aromatic carbocycles. The molecule has 112 valence electrons. The summed E-state index contributed by atoms with van der Waals surface area (Å²) in [4.78, 5) is 0. The quantitative estimate of drug-likeness (QED) is 0.712. The van der Waals surface area contributed by atoms with E-state index in [0.29, 0.717) is 0 Å². The molecule has 2 rings (SSSR count). The summed E-state index contributed by atoms with van der Waals surface area (Å²) in [6.07, 6.45) is 1.98. The Balaban J connectivity index is 1.72. The zero-order valence-electron chi connectivity index (χ0n) is 12.8. The van der Waals surface area contributed by atoms with Crippen molar-refractivity contribution in [2.24, 2.45) is 0 Å². The molecule has 0 saturated carbocycles. The smallest absolute Gasteiger partial charge is 0.0591 e. The van der Waals surface area contributed by atoms with E-state index in [9.17, 15) is 0 Å². The number of benzene rings is 2. The van der Waals surface area contributed by atoms with Crippen LogP contribution in [0.2, 0.25) is 0 Å². The van der Waals surface area contributed by atoms with Crippen molar-refractivity contribution in [3.63, 3.8) is 0 Å². The Morgan fingerprint density at radius 1 is 0.810 bits per heavy atom. The number of likely N-dealkylation sites (N-methyl/N-ethyl adjacent to an activating group) is 1. The zero-order valence-corrected chi connectivity index (χ0v) is 12.8. The van der Waals surface area contributed by atoms with E-state index >= 15 is 0 Å². The van der Waals surface area contributed by atoms with Crippen molar-refractivity contribution in [1.82, 2.24) is 5.32 Å². The minimum absolute atomic E-state index is 0.792. The van der Waals surface area contributed by atoms with Gasteiger partial charge in [0.1, 0.15) is 0 Å². The molecule has 21 heavy (non-hydrogen) atoms. The van der Waals surface area contributed by atoms with Gasteiger partial charge in [-0.05, 0) is 36.1 Å². The van der Waals surface area contributed by atoms with E-state index in [1.165, 1.54) is 16.7 Å². The van der Waals surface area contributed by atoms with Crippen molar-refractivity contribution >= 4 is 0 Å². The lowest BCUT2D eigenvalue weighted by atomic mass is 10.0. The molecular weight excluding hydrogens is 258 g/mol. The van der Waals surface area contributed by atoms with E-state index in [0.717, 1.165) is 39.1 Å². The van der Waals surface area contributed by atoms with Crippen molar-refractivity contribution in [3.05, 3.63) is 71.3 Å². The summed E-state index contributed by atoms with van der Waals surface area (Å²) in [5.74, 6) is 0. The minimum Gasteiger partial charge on any atom is -0.380 e. The monoisotopic (exact) mass is 283 g/mol. The third-order valence-electron chi connectivity index (χ3n) is 3.48. The maximum atomic E-state index is 5.60. The van der Waals surface area contributed by atoms with Crippen LogP contribution in [0.3, 0.4) is 0 Å². The van der Waals surface area contributed by atoms with Crippen LogP contribution < -0.4 is 5.32 Å². The van der Waals surface area contributed by atoms with Gasteiger partial charge in [0, 0.05) is 6.54 Å². The number of nitrogens with one attached hydrogen (secondary N) is 1. The summed E-state index contributed by atoms with van der Waals surface area (Å²) >= 11 is 0. The Labute approximate surface area is 128 Å². The average molecular weight is 283 g/mol. The van der Waals surface area contributed by atoms with E-state index in [1.54, 1.807) is 0 Å². The molecule has 0 amide bonds. The largest absolute Gasteiger partial charge is 0.380 e. The highest BCUT2D eigenvalue weighted by molar-refractivity contribution is 5.28. The van der Waals surface area contributed by atoms with Crippen molar-refractivity contribution in [2.45, 2.75) is 19.8 Å². The van der Waals surface area contributed by atoms with Gasteiger partial charge in [-0.1, -0.05) is 61.5 Å². The lowest BCUT2D eigenvalue weighted by molar-refractivity contribution is 0.139. The number of hydrogen-bond donors (Lipinski definition) is 1. The predicted octanol–water partition coefficient (Wildman–Crippen LogP) is 3.45. The van der Waals surface area contributed by atoms with E-state index in [-0.39, 0.29) is 0 Å². The molecule has 0 bridgehead atoms. The number of rotatable bonds is 9. The van der Waals surface area contributed by atoms with Crippen LogP contribution in [0.1, 0.15) is 23.6 Å². The molecule has 0 aromatic heterocycles. The Morgan fingerprint density at radius 3 is 2.19 bits per heavy atom. The topological polar surface area (TPSA) is 21.3 Å². The maximum absolute atomic E-state index is 5.60. The third-order valence-corrected chi connectivity index (χ3v) is 3.48. The molecule has 1 N–H and O–H groups in total. The molecule has 2 aromatic rings. The summed E-state index contributed by atoms with van der Waals surface area (Å²) < 4.78 is 5.60. The third kappa shape index (κ3) is 6.11. The first kappa shape index (κ1) is 15.7. The summed E-state index contributed by atoms with van der Waals surface area (Å²) in [6.45, 7) is 5.64. The summed E-state index contributed by atoms with van der Waals surface area (Å²) in [5.41, 5.74) is 4.06.